The van der Waals surface area contributed by atoms with E-state index in [1.807, 2.05) is 24.3 Å². The maximum atomic E-state index is 12.7. The van der Waals surface area contributed by atoms with E-state index in [1.54, 1.807) is 17.0 Å². The molecule has 1 atom stereocenters. The second kappa shape index (κ2) is 6.47. The number of fused-ring (bicyclic) bond motifs is 1. The van der Waals surface area contributed by atoms with Gasteiger partial charge >= 0.3 is 6.03 Å². The molecule has 1 saturated heterocycles. The molecule has 0 radical (unpaired) electrons. The van der Waals surface area contributed by atoms with Gasteiger partial charge in [0, 0.05) is 24.4 Å². The molecule has 0 spiro atoms. The molecule has 2 heterocycles. The highest BCUT2D eigenvalue weighted by atomic mass is 16.6. The Bertz CT molecular complexity index is 951. The molecule has 1 aliphatic rings. The second-order valence-electron chi connectivity index (χ2n) is 6.23. The molecule has 1 aliphatic heterocycles. The number of rotatable bonds is 3. The van der Waals surface area contributed by atoms with Gasteiger partial charge in [0.25, 0.3) is 5.69 Å². The minimum absolute atomic E-state index is 0.0574. The van der Waals surface area contributed by atoms with Crippen molar-refractivity contribution in [3.63, 3.8) is 0 Å². The van der Waals surface area contributed by atoms with Crippen LogP contribution in [0.25, 0.3) is 11.0 Å². The van der Waals surface area contributed by atoms with E-state index in [9.17, 15) is 14.9 Å². The van der Waals surface area contributed by atoms with Gasteiger partial charge in [0.1, 0.15) is 5.82 Å². The van der Waals surface area contributed by atoms with Gasteiger partial charge in [-0.05, 0) is 31.0 Å². The number of urea groups is 1. The standard InChI is InChI=1S/C18H17N5O3/c24-18(19-12-5-3-6-13(11-12)23(25)26)22-10-4-9-16(22)17-20-14-7-1-2-8-15(14)21-17/h1-3,5-8,11,16H,4,9-10H2,(H,19,24)(H,20,21)/t16-/m1/s1. The van der Waals surface area contributed by atoms with Crippen molar-refractivity contribution in [1.82, 2.24) is 14.9 Å². The molecule has 0 aliphatic carbocycles. The first-order chi connectivity index (χ1) is 12.6. The highest BCUT2D eigenvalue weighted by Crippen LogP contribution is 2.32. The van der Waals surface area contributed by atoms with Crippen LogP contribution in [-0.4, -0.2) is 32.4 Å². The summed E-state index contributed by atoms with van der Waals surface area (Å²) in [6.07, 6.45) is 1.70. The van der Waals surface area contributed by atoms with Crippen molar-refractivity contribution in [1.29, 1.82) is 0 Å². The summed E-state index contributed by atoms with van der Waals surface area (Å²) < 4.78 is 0. The molecule has 0 bridgehead atoms. The summed E-state index contributed by atoms with van der Waals surface area (Å²) in [4.78, 5) is 32.7. The summed E-state index contributed by atoms with van der Waals surface area (Å²) in [6.45, 7) is 0.614. The Labute approximate surface area is 149 Å². The molecule has 2 amide bonds. The zero-order valence-electron chi connectivity index (χ0n) is 13.9. The fraction of sp³-hybridized carbons (Fsp3) is 0.222. The molecule has 8 heteroatoms. The largest absolute Gasteiger partial charge is 0.340 e. The first-order valence-corrected chi connectivity index (χ1v) is 8.38. The average molecular weight is 351 g/mol. The summed E-state index contributed by atoms with van der Waals surface area (Å²) in [6, 6.07) is 13.2. The number of H-pyrrole nitrogens is 1. The lowest BCUT2D eigenvalue weighted by Crippen LogP contribution is -2.34. The minimum Gasteiger partial charge on any atom is -0.340 e. The van der Waals surface area contributed by atoms with Gasteiger partial charge in [0.2, 0.25) is 0 Å². The normalized spacial score (nSPS) is 16.8. The Morgan fingerprint density at radius 3 is 2.92 bits per heavy atom. The zero-order chi connectivity index (χ0) is 18.1. The second-order valence-corrected chi connectivity index (χ2v) is 6.23. The van der Waals surface area contributed by atoms with E-state index in [1.165, 1.54) is 12.1 Å². The quantitative estimate of drug-likeness (QED) is 0.552. The van der Waals surface area contributed by atoms with Crippen molar-refractivity contribution in [2.24, 2.45) is 0 Å². The predicted molar refractivity (Wildman–Crippen MR) is 96.9 cm³/mol. The number of carbonyl (C=O) groups excluding carboxylic acids is 1. The zero-order valence-corrected chi connectivity index (χ0v) is 13.9. The maximum absolute atomic E-state index is 12.7. The number of benzene rings is 2. The number of aromatic nitrogens is 2. The highest BCUT2D eigenvalue weighted by molar-refractivity contribution is 5.90. The van der Waals surface area contributed by atoms with Crippen molar-refractivity contribution in [3.8, 4) is 0 Å². The smallest absolute Gasteiger partial charge is 0.322 e. The Kier molecular flexibility index (Phi) is 4.00. The first kappa shape index (κ1) is 16.1. The van der Waals surface area contributed by atoms with Crippen molar-refractivity contribution in [2.45, 2.75) is 18.9 Å². The Morgan fingerprint density at radius 2 is 2.12 bits per heavy atom. The molecule has 2 aromatic carbocycles. The number of nitro groups is 1. The molecule has 8 nitrogen and oxygen atoms in total. The number of likely N-dealkylation sites (tertiary alicyclic amines) is 1. The lowest BCUT2D eigenvalue weighted by molar-refractivity contribution is -0.384. The molecular formula is C18H17N5O3. The number of nitro benzene ring substituents is 1. The van der Waals surface area contributed by atoms with Crippen molar-refractivity contribution < 1.29 is 9.72 Å². The van der Waals surface area contributed by atoms with Crippen LogP contribution < -0.4 is 5.32 Å². The van der Waals surface area contributed by atoms with Crippen molar-refractivity contribution in [3.05, 3.63) is 64.5 Å². The number of nitrogens with one attached hydrogen (secondary N) is 2. The first-order valence-electron chi connectivity index (χ1n) is 8.38. The molecule has 0 unspecified atom stereocenters. The lowest BCUT2D eigenvalue weighted by Gasteiger charge is -2.23. The fourth-order valence-corrected chi connectivity index (χ4v) is 3.32. The number of hydrogen-bond acceptors (Lipinski definition) is 4. The average Bonchev–Trinajstić information content (AvgIpc) is 3.28. The van der Waals surface area contributed by atoms with Crippen LogP contribution in [0.5, 0.6) is 0 Å². The van der Waals surface area contributed by atoms with Crippen LogP contribution in [0.2, 0.25) is 0 Å². The summed E-state index contributed by atoms with van der Waals surface area (Å²) in [5.74, 6) is 0.762. The van der Waals surface area contributed by atoms with Gasteiger partial charge in [0.15, 0.2) is 0 Å². The number of para-hydroxylation sites is 2. The van der Waals surface area contributed by atoms with Crippen LogP contribution in [0.1, 0.15) is 24.7 Å². The van der Waals surface area contributed by atoms with E-state index < -0.39 is 4.92 Å². The van der Waals surface area contributed by atoms with Crippen LogP contribution >= 0.6 is 0 Å². The molecule has 4 rings (SSSR count). The molecule has 1 aromatic heterocycles. The number of amides is 2. The monoisotopic (exact) mass is 351 g/mol. The third-order valence-corrected chi connectivity index (χ3v) is 4.55. The molecule has 1 fully saturated rings. The highest BCUT2D eigenvalue weighted by Gasteiger charge is 2.32. The van der Waals surface area contributed by atoms with Crippen LogP contribution in [-0.2, 0) is 0 Å². The van der Waals surface area contributed by atoms with E-state index in [4.69, 9.17) is 0 Å². The Balaban J connectivity index is 1.55. The molecular weight excluding hydrogens is 334 g/mol. The van der Waals surface area contributed by atoms with Gasteiger partial charge in [0.05, 0.1) is 22.0 Å². The third kappa shape index (κ3) is 2.97. The van der Waals surface area contributed by atoms with Crippen molar-refractivity contribution in [2.75, 3.05) is 11.9 Å². The third-order valence-electron chi connectivity index (χ3n) is 4.55. The van der Waals surface area contributed by atoms with E-state index >= 15 is 0 Å². The fourth-order valence-electron chi connectivity index (χ4n) is 3.32. The number of carbonyl (C=O) groups is 1. The summed E-state index contributed by atoms with van der Waals surface area (Å²) in [5.41, 5.74) is 2.15. The number of anilines is 1. The maximum Gasteiger partial charge on any atom is 0.322 e. The minimum atomic E-state index is -0.483. The molecule has 3 aromatic rings. The number of non-ortho nitro benzene ring substituents is 1. The summed E-state index contributed by atoms with van der Waals surface area (Å²) in [5, 5.41) is 13.6. The molecule has 0 saturated carbocycles. The topological polar surface area (TPSA) is 104 Å². The van der Waals surface area contributed by atoms with Crippen molar-refractivity contribution >= 4 is 28.4 Å². The van der Waals surface area contributed by atoms with Gasteiger partial charge < -0.3 is 15.2 Å². The Hall–Kier alpha value is -3.42. The predicted octanol–water partition coefficient (Wildman–Crippen LogP) is 3.84. The number of nitrogens with zero attached hydrogens (tertiary/aromatic N) is 3. The van der Waals surface area contributed by atoms with E-state index in [0.717, 1.165) is 29.7 Å². The summed E-state index contributed by atoms with van der Waals surface area (Å²) in [7, 11) is 0. The van der Waals surface area contributed by atoms with Gasteiger partial charge in [-0.1, -0.05) is 18.2 Å². The van der Waals surface area contributed by atoms with Gasteiger partial charge in [-0.15, -0.1) is 0 Å². The number of imidazole rings is 1. The van der Waals surface area contributed by atoms with Crippen LogP contribution in [0.3, 0.4) is 0 Å². The van der Waals surface area contributed by atoms with E-state index in [-0.39, 0.29) is 17.8 Å². The van der Waals surface area contributed by atoms with E-state index in [2.05, 4.69) is 15.3 Å². The van der Waals surface area contributed by atoms with Crippen LogP contribution in [0.4, 0.5) is 16.2 Å². The lowest BCUT2D eigenvalue weighted by atomic mass is 10.2. The van der Waals surface area contributed by atoms with Gasteiger partial charge in [-0.2, -0.15) is 0 Å². The van der Waals surface area contributed by atoms with Crippen LogP contribution in [0.15, 0.2) is 48.5 Å². The van der Waals surface area contributed by atoms with Gasteiger partial charge in [-0.25, -0.2) is 9.78 Å². The van der Waals surface area contributed by atoms with Crippen LogP contribution in [0, 0.1) is 10.1 Å². The molecule has 26 heavy (non-hydrogen) atoms. The molecule has 2 N–H and O–H groups in total. The SMILES string of the molecule is O=C(Nc1cccc([N+](=O)[O-])c1)N1CCC[C@@H]1c1nc2ccccc2[nH]1. The Morgan fingerprint density at radius 1 is 1.27 bits per heavy atom. The van der Waals surface area contributed by atoms with Gasteiger partial charge in [-0.3, -0.25) is 10.1 Å². The van der Waals surface area contributed by atoms with E-state index in [0.29, 0.717) is 12.2 Å². The summed E-state index contributed by atoms with van der Waals surface area (Å²) >= 11 is 0. The number of hydrogen-bond donors (Lipinski definition) is 2. The molecule has 132 valence electrons. The number of aromatic amines is 1.